The average Bonchev–Trinajstić information content (AvgIpc) is 2.81. The number of rotatable bonds is 12. The fourth-order valence-corrected chi connectivity index (χ4v) is 3.33. The van der Waals surface area contributed by atoms with Crippen LogP contribution in [0.2, 0.25) is 0 Å². The third-order valence-electron chi connectivity index (χ3n) is 5.04. The van der Waals surface area contributed by atoms with Gasteiger partial charge >= 0.3 is 0 Å². The van der Waals surface area contributed by atoms with Gasteiger partial charge in [0.05, 0.1) is 13.2 Å². The number of morpholine rings is 1. The second-order valence-electron chi connectivity index (χ2n) is 7.79. The quantitative estimate of drug-likeness (QED) is 0.229. The van der Waals surface area contributed by atoms with E-state index in [1.54, 1.807) is 0 Å². The van der Waals surface area contributed by atoms with Gasteiger partial charge in [0.2, 0.25) is 0 Å². The molecule has 0 atom stereocenters. The minimum Gasteiger partial charge on any atom is -0.385 e. The van der Waals surface area contributed by atoms with Gasteiger partial charge in [-0.05, 0) is 49.3 Å². The van der Waals surface area contributed by atoms with Crippen molar-refractivity contribution in [1.82, 2.24) is 10.6 Å². The molecular formula is C27H36N4OS. The van der Waals surface area contributed by atoms with Crippen molar-refractivity contribution in [3.63, 3.8) is 0 Å². The Hall–Kier alpha value is -2.96. The average molecular weight is 465 g/mol. The highest BCUT2D eigenvalue weighted by Crippen LogP contribution is 2.20. The van der Waals surface area contributed by atoms with Crippen LogP contribution in [0.3, 0.4) is 0 Å². The van der Waals surface area contributed by atoms with Crippen molar-refractivity contribution >= 4 is 29.7 Å². The van der Waals surface area contributed by atoms with Gasteiger partial charge < -0.3 is 20.3 Å². The van der Waals surface area contributed by atoms with E-state index in [0.29, 0.717) is 0 Å². The van der Waals surface area contributed by atoms with Gasteiger partial charge in [0.1, 0.15) is 0 Å². The van der Waals surface area contributed by atoms with E-state index in [1.807, 2.05) is 32.1 Å². The lowest BCUT2D eigenvalue weighted by Gasteiger charge is -2.29. The molecule has 0 spiro atoms. The van der Waals surface area contributed by atoms with Crippen molar-refractivity contribution in [3.05, 3.63) is 97.0 Å². The molecule has 2 N–H and O–H groups in total. The second kappa shape index (κ2) is 13.6. The van der Waals surface area contributed by atoms with Crippen LogP contribution in [0.5, 0.6) is 0 Å². The molecule has 2 rings (SSSR count). The summed E-state index contributed by atoms with van der Waals surface area (Å²) in [5.41, 5.74) is 7.01. The van der Waals surface area contributed by atoms with E-state index >= 15 is 0 Å². The molecule has 1 heterocycles. The standard InChI is InChI=1S/C27H36N4OS/c1-20(7-8-21(2)28-13-18-33)24(5)29-22(3)19-23(4)30-25(6)26-9-11-27(12-10-26)31-14-16-32-17-15-31/h7-12,19,28,30,33H,1-2,4,6,13-18H2,3,5H3/b8-7-,22-19+,29-24?. The third kappa shape index (κ3) is 9.20. The summed E-state index contributed by atoms with van der Waals surface area (Å²) >= 11 is 4.17. The highest BCUT2D eigenvalue weighted by molar-refractivity contribution is 7.80. The van der Waals surface area contributed by atoms with Crippen molar-refractivity contribution in [3.8, 4) is 0 Å². The minimum absolute atomic E-state index is 0.719. The molecule has 0 amide bonds. The molecule has 0 aromatic heterocycles. The zero-order chi connectivity index (χ0) is 24.2. The van der Waals surface area contributed by atoms with Crippen LogP contribution in [0.4, 0.5) is 5.69 Å². The number of hydrogen-bond donors (Lipinski definition) is 3. The monoisotopic (exact) mass is 464 g/mol. The molecule has 5 nitrogen and oxygen atoms in total. The first-order valence-electron chi connectivity index (χ1n) is 11.0. The molecule has 1 saturated heterocycles. The van der Waals surface area contributed by atoms with Crippen molar-refractivity contribution < 1.29 is 4.74 Å². The molecule has 33 heavy (non-hydrogen) atoms. The van der Waals surface area contributed by atoms with Gasteiger partial charge in [-0.15, -0.1) is 0 Å². The van der Waals surface area contributed by atoms with Crippen molar-refractivity contribution in [2.75, 3.05) is 43.5 Å². The van der Waals surface area contributed by atoms with Gasteiger partial charge in [-0.1, -0.05) is 44.5 Å². The first-order valence-corrected chi connectivity index (χ1v) is 11.7. The summed E-state index contributed by atoms with van der Waals surface area (Å²) in [6.45, 7) is 24.3. The molecule has 0 saturated carbocycles. The Morgan fingerprint density at radius 2 is 1.73 bits per heavy atom. The van der Waals surface area contributed by atoms with E-state index in [-0.39, 0.29) is 0 Å². The lowest BCUT2D eigenvalue weighted by Crippen LogP contribution is -2.36. The third-order valence-corrected chi connectivity index (χ3v) is 5.27. The van der Waals surface area contributed by atoms with Gasteiger partial charge in [-0.2, -0.15) is 12.6 Å². The Morgan fingerprint density at radius 3 is 2.36 bits per heavy atom. The van der Waals surface area contributed by atoms with Crippen molar-refractivity contribution in [1.29, 1.82) is 0 Å². The zero-order valence-corrected chi connectivity index (χ0v) is 20.8. The van der Waals surface area contributed by atoms with Crippen LogP contribution in [-0.2, 0) is 4.74 Å². The van der Waals surface area contributed by atoms with Crippen LogP contribution in [0.1, 0.15) is 19.4 Å². The number of ether oxygens (including phenoxy) is 1. The van der Waals surface area contributed by atoms with Crippen LogP contribution in [-0.4, -0.2) is 44.3 Å². The molecule has 0 aliphatic carbocycles. The summed E-state index contributed by atoms with van der Waals surface area (Å²) in [6, 6.07) is 8.38. The highest BCUT2D eigenvalue weighted by Gasteiger charge is 2.11. The lowest BCUT2D eigenvalue weighted by molar-refractivity contribution is 0.122. The van der Waals surface area contributed by atoms with Crippen LogP contribution in [0, 0.1) is 0 Å². The Balaban J connectivity index is 1.91. The fraction of sp³-hybridized carbons (Fsp3) is 0.296. The van der Waals surface area contributed by atoms with E-state index in [1.165, 1.54) is 5.69 Å². The molecule has 1 aliphatic heterocycles. The van der Waals surface area contributed by atoms with Crippen LogP contribution >= 0.6 is 12.6 Å². The van der Waals surface area contributed by atoms with Gasteiger partial charge in [0.25, 0.3) is 0 Å². The number of anilines is 1. The zero-order valence-electron chi connectivity index (χ0n) is 19.9. The highest BCUT2D eigenvalue weighted by atomic mass is 32.1. The molecule has 6 heteroatoms. The molecule has 0 unspecified atom stereocenters. The Bertz CT molecular complexity index is 951. The number of allylic oxidation sites excluding steroid dienone is 5. The van der Waals surface area contributed by atoms with E-state index < -0.39 is 0 Å². The topological polar surface area (TPSA) is 48.9 Å². The number of nitrogens with one attached hydrogen (secondary N) is 2. The summed E-state index contributed by atoms with van der Waals surface area (Å²) in [6.07, 6.45) is 5.68. The van der Waals surface area contributed by atoms with Gasteiger partial charge in [-0.25, -0.2) is 0 Å². The van der Waals surface area contributed by atoms with Crippen LogP contribution in [0.25, 0.3) is 5.70 Å². The lowest BCUT2D eigenvalue weighted by atomic mass is 10.1. The summed E-state index contributed by atoms with van der Waals surface area (Å²) < 4.78 is 5.42. The van der Waals surface area contributed by atoms with Crippen molar-refractivity contribution in [2.45, 2.75) is 13.8 Å². The summed E-state index contributed by atoms with van der Waals surface area (Å²) in [5.74, 6) is 0.752. The maximum atomic E-state index is 5.42. The number of nitrogens with zero attached hydrogens (tertiary/aromatic N) is 2. The van der Waals surface area contributed by atoms with Gasteiger partial charge in [0, 0.05) is 59.6 Å². The van der Waals surface area contributed by atoms with Crippen LogP contribution < -0.4 is 15.5 Å². The Morgan fingerprint density at radius 1 is 1.06 bits per heavy atom. The van der Waals surface area contributed by atoms with Gasteiger partial charge in [0.15, 0.2) is 0 Å². The maximum absolute atomic E-state index is 5.42. The fourth-order valence-electron chi connectivity index (χ4n) is 3.21. The predicted molar refractivity (Wildman–Crippen MR) is 147 cm³/mol. The molecule has 1 aromatic rings. The molecule has 176 valence electrons. The number of aliphatic imine (C=N–C) groups is 1. The van der Waals surface area contributed by atoms with Crippen molar-refractivity contribution in [2.24, 2.45) is 4.99 Å². The normalized spacial score (nSPS) is 14.8. The first-order chi connectivity index (χ1) is 15.8. The minimum atomic E-state index is 0.719. The Kier molecular flexibility index (Phi) is 10.8. The number of thiol groups is 1. The molecule has 0 bridgehead atoms. The van der Waals surface area contributed by atoms with E-state index in [0.717, 1.165) is 78.2 Å². The molecular weight excluding hydrogens is 428 g/mol. The van der Waals surface area contributed by atoms with E-state index in [9.17, 15) is 0 Å². The van der Waals surface area contributed by atoms with E-state index in [2.05, 4.69) is 83.7 Å². The number of benzene rings is 1. The van der Waals surface area contributed by atoms with E-state index in [4.69, 9.17) is 4.74 Å². The van der Waals surface area contributed by atoms with Crippen LogP contribution in [0.15, 0.2) is 96.5 Å². The summed E-state index contributed by atoms with van der Waals surface area (Å²) in [7, 11) is 0. The van der Waals surface area contributed by atoms with Gasteiger partial charge in [-0.3, -0.25) is 4.99 Å². The maximum Gasteiger partial charge on any atom is 0.0642 e. The molecule has 1 fully saturated rings. The predicted octanol–water partition coefficient (Wildman–Crippen LogP) is 5.11. The summed E-state index contributed by atoms with van der Waals surface area (Å²) in [5, 5.41) is 6.42. The SMILES string of the molecule is C=C(/C=C\C(=C)C(C)=N/C(C)=C/C(=C)NC(=C)c1ccc(N2CCOCC2)cc1)NCCS. The second-order valence-corrected chi connectivity index (χ2v) is 8.24. The molecule has 1 aliphatic rings. The molecule has 0 radical (unpaired) electrons. The molecule has 1 aromatic carbocycles. The first kappa shape index (κ1) is 26.3. The largest absolute Gasteiger partial charge is 0.385 e. The summed E-state index contributed by atoms with van der Waals surface area (Å²) in [4.78, 5) is 6.94. The smallest absolute Gasteiger partial charge is 0.0642 e. The Labute approximate surface area is 204 Å². The number of hydrogen-bond acceptors (Lipinski definition) is 6.